The van der Waals surface area contributed by atoms with Gasteiger partial charge < -0.3 is 19.4 Å². The van der Waals surface area contributed by atoms with Crippen LogP contribution in [0, 0.1) is 0 Å². The standard InChI is InChI=1S/C73H133N2O7P/c1-7-10-13-16-19-22-25-28-30-32-33-34-35-36-37-38-39-40-41-43-45-48-51-54-57-60-63-66-73(77)82-71(64-61-58-55-52-49-46-27-24-21-18-15-12-9-3)70(69-81-83(78,79)80-68-67-75(4,5)6)74-72(76)65-62-59-56-53-50-47-44-42-31-29-26-23-20-17-14-11-8-2/h19-20,22-23,28-31,33-34,44,47,61,64,70-71H,7-18,21,24-27,32,35-43,45-46,48-60,62-63,65-69H2,1-6H3,(H-,74,76,78,79)/p+1/b22-19-,23-20-,30-28-,31-29-,34-33-,47-44-,64-61-. The van der Waals surface area contributed by atoms with Gasteiger partial charge in [0, 0.05) is 12.8 Å². The zero-order chi connectivity index (χ0) is 60.7. The van der Waals surface area contributed by atoms with E-state index in [9.17, 15) is 19.0 Å². The van der Waals surface area contributed by atoms with Crippen LogP contribution in [0.15, 0.2) is 85.1 Å². The summed E-state index contributed by atoms with van der Waals surface area (Å²) in [4.78, 5) is 37.9. The van der Waals surface area contributed by atoms with Gasteiger partial charge in [-0.05, 0) is 109 Å². The van der Waals surface area contributed by atoms with Crippen molar-refractivity contribution in [2.24, 2.45) is 0 Å². The Balaban J connectivity index is 5.10. The Morgan fingerprint density at radius 3 is 1.12 bits per heavy atom. The van der Waals surface area contributed by atoms with Crippen LogP contribution in [0.1, 0.15) is 316 Å². The maximum absolute atomic E-state index is 13.6. The molecule has 3 atom stereocenters. The summed E-state index contributed by atoms with van der Waals surface area (Å²) in [7, 11) is 1.48. The number of rotatable bonds is 63. The first-order valence-electron chi connectivity index (χ1n) is 34.9. The van der Waals surface area contributed by atoms with E-state index >= 15 is 0 Å². The van der Waals surface area contributed by atoms with E-state index in [2.05, 4.69) is 99.0 Å². The lowest BCUT2D eigenvalue weighted by molar-refractivity contribution is -0.870. The number of amides is 1. The molecule has 0 aromatic rings. The Labute approximate surface area is 514 Å². The molecule has 0 rings (SSSR count). The highest BCUT2D eigenvalue weighted by Gasteiger charge is 2.30. The van der Waals surface area contributed by atoms with E-state index in [1.54, 1.807) is 0 Å². The number of nitrogens with one attached hydrogen (secondary N) is 1. The SMILES string of the molecule is CCCCC/C=C\C/C=C\C/C=C\CCCCCCCCCCCCCCCCC(=O)OC(/C=C\CCCCCCCCCCCCC)C(COP(=O)(O)OCC[N+](C)(C)C)NC(=O)CCCCCC/C=C\C/C=C\C/C=C\CCCCC. The number of nitrogens with zero attached hydrogens (tertiary/aromatic N) is 1. The van der Waals surface area contributed by atoms with Crippen LogP contribution in [0.4, 0.5) is 0 Å². The first kappa shape index (κ1) is 80.2. The van der Waals surface area contributed by atoms with E-state index in [4.69, 9.17) is 13.8 Å². The highest BCUT2D eigenvalue weighted by atomic mass is 31.2. The van der Waals surface area contributed by atoms with E-state index < -0.39 is 20.0 Å². The van der Waals surface area contributed by atoms with Crippen LogP contribution in [-0.4, -0.2) is 74.3 Å². The number of ether oxygens (including phenoxy) is 1. The Morgan fingerprint density at radius 2 is 0.735 bits per heavy atom. The molecule has 0 aromatic heterocycles. The zero-order valence-electron chi connectivity index (χ0n) is 55.2. The van der Waals surface area contributed by atoms with Gasteiger partial charge in [0.05, 0.1) is 33.8 Å². The number of hydrogen-bond donors (Lipinski definition) is 2. The summed E-state index contributed by atoms with van der Waals surface area (Å²) < 4.78 is 30.8. The maximum Gasteiger partial charge on any atom is 0.472 e. The second-order valence-corrected chi connectivity index (χ2v) is 26.1. The van der Waals surface area contributed by atoms with Crippen molar-refractivity contribution in [2.75, 3.05) is 40.9 Å². The molecule has 0 bridgehead atoms. The Hall–Kier alpha value is -2.81. The molecule has 0 aliphatic carbocycles. The summed E-state index contributed by atoms with van der Waals surface area (Å²) in [5, 5.41) is 3.05. The second kappa shape index (κ2) is 62.2. The summed E-state index contributed by atoms with van der Waals surface area (Å²) in [6, 6.07) is -0.864. The number of allylic oxidation sites excluding steroid dienone is 13. The largest absolute Gasteiger partial charge is 0.472 e. The molecular formula is C73H134N2O7P+. The fourth-order valence-electron chi connectivity index (χ4n) is 9.90. The van der Waals surface area contributed by atoms with Crippen LogP contribution in [0.5, 0.6) is 0 Å². The lowest BCUT2D eigenvalue weighted by atomic mass is 10.0. The van der Waals surface area contributed by atoms with Gasteiger partial charge in [0.2, 0.25) is 5.91 Å². The van der Waals surface area contributed by atoms with Crippen LogP contribution in [0.2, 0.25) is 0 Å². The van der Waals surface area contributed by atoms with Crippen molar-refractivity contribution >= 4 is 19.7 Å². The molecule has 1 amide bonds. The third kappa shape index (κ3) is 63.5. The Morgan fingerprint density at radius 1 is 0.422 bits per heavy atom. The number of phosphoric acid groups is 1. The Kier molecular flexibility index (Phi) is 60.1. The third-order valence-corrected chi connectivity index (χ3v) is 16.3. The molecule has 0 aliphatic rings. The fraction of sp³-hybridized carbons (Fsp3) is 0.781. The third-order valence-electron chi connectivity index (χ3n) is 15.3. The molecule has 9 nitrogen and oxygen atoms in total. The number of unbranched alkanes of at least 4 members (excludes halogenated alkanes) is 35. The number of carbonyl (C=O) groups excluding carboxylic acids is 2. The summed E-state index contributed by atoms with van der Waals surface area (Å²) >= 11 is 0. The molecule has 0 aromatic carbocycles. The molecule has 2 N–H and O–H groups in total. The minimum atomic E-state index is -4.46. The molecule has 10 heteroatoms. The fourth-order valence-corrected chi connectivity index (χ4v) is 10.6. The van der Waals surface area contributed by atoms with Crippen molar-refractivity contribution in [3.05, 3.63) is 85.1 Å². The summed E-state index contributed by atoms with van der Waals surface area (Å²) in [6.07, 6.45) is 83.0. The number of likely N-dealkylation sites (N-methyl/N-ethyl adjacent to an activating group) is 1. The highest BCUT2D eigenvalue weighted by molar-refractivity contribution is 7.47. The van der Waals surface area contributed by atoms with Gasteiger partial charge in [-0.3, -0.25) is 18.6 Å². The number of hydrogen-bond acceptors (Lipinski definition) is 6. The first-order valence-corrected chi connectivity index (χ1v) is 36.4. The normalized spacial score (nSPS) is 14.1. The van der Waals surface area contributed by atoms with Gasteiger partial charge in [0.15, 0.2) is 0 Å². The predicted molar refractivity (Wildman–Crippen MR) is 360 cm³/mol. The number of quaternary nitrogens is 1. The minimum absolute atomic E-state index is 0.0334. The highest BCUT2D eigenvalue weighted by Crippen LogP contribution is 2.43. The van der Waals surface area contributed by atoms with Crippen molar-refractivity contribution < 1.29 is 37.3 Å². The lowest BCUT2D eigenvalue weighted by Gasteiger charge is -2.27. The number of carbonyl (C=O) groups is 2. The van der Waals surface area contributed by atoms with Crippen molar-refractivity contribution in [2.45, 2.75) is 328 Å². The molecule has 0 aliphatic heterocycles. The average molecular weight is 1180 g/mol. The molecule has 3 unspecified atom stereocenters. The van der Waals surface area contributed by atoms with E-state index in [0.29, 0.717) is 17.4 Å². The molecule has 0 radical (unpaired) electrons. The van der Waals surface area contributed by atoms with Crippen LogP contribution in [0.3, 0.4) is 0 Å². The van der Waals surface area contributed by atoms with Gasteiger partial charge >= 0.3 is 13.8 Å². The second-order valence-electron chi connectivity index (χ2n) is 24.7. The van der Waals surface area contributed by atoms with Gasteiger partial charge in [-0.25, -0.2) is 4.57 Å². The predicted octanol–water partition coefficient (Wildman–Crippen LogP) is 22.1. The summed E-state index contributed by atoms with van der Waals surface area (Å²) in [5.41, 5.74) is 0. The van der Waals surface area contributed by atoms with Crippen molar-refractivity contribution in [3.8, 4) is 0 Å². The van der Waals surface area contributed by atoms with Crippen LogP contribution < -0.4 is 5.32 Å². The lowest BCUT2D eigenvalue weighted by Crippen LogP contribution is -2.47. The summed E-state index contributed by atoms with van der Waals surface area (Å²) in [5.74, 6) is -0.525. The maximum atomic E-state index is 13.6. The topological polar surface area (TPSA) is 111 Å². The van der Waals surface area contributed by atoms with Gasteiger partial charge in [0.25, 0.3) is 0 Å². The van der Waals surface area contributed by atoms with E-state index in [0.717, 1.165) is 96.3 Å². The average Bonchev–Trinajstić information content (AvgIpc) is 3.47. The molecule has 0 saturated carbocycles. The molecule has 83 heavy (non-hydrogen) atoms. The number of esters is 1. The molecule has 0 fully saturated rings. The zero-order valence-corrected chi connectivity index (χ0v) is 56.1. The van der Waals surface area contributed by atoms with Crippen LogP contribution >= 0.6 is 7.82 Å². The van der Waals surface area contributed by atoms with Gasteiger partial charge in [-0.1, -0.05) is 280 Å². The summed E-state index contributed by atoms with van der Waals surface area (Å²) in [6.45, 7) is 6.96. The van der Waals surface area contributed by atoms with Crippen molar-refractivity contribution in [3.63, 3.8) is 0 Å². The molecule has 0 spiro atoms. The van der Waals surface area contributed by atoms with E-state index in [1.165, 1.54) is 186 Å². The van der Waals surface area contributed by atoms with Crippen LogP contribution in [0.25, 0.3) is 0 Å². The molecule has 0 saturated heterocycles. The number of phosphoric ester groups is 1. The smallest absolute Gasteiger partial charge is 0.456 e. The Bertz CT molecular complexity index is 1700. The molecule has 482 valence electrons. The van der Waals surface area contributed by atoms with E-state index in [-0.39, 0.29) is 31.5 Å². The van der Waals surface area contributed by atoms with Gasteiger partial charge in [0.1, 0.15) is 19.3 Å². The van der Waals surface area contributed by atoms with Crippen molar-refractivity contribution in [1.29, 1.82) is 0 Å². The molecular weight excluding hydrogens is 1050 g/mol. The van der Waals surface area contributed by atoms with Crippen molar-refractivity contribution in [1.82, 2.24) is 5.32 Å². The molecule has 0 heterocycles. The van der Waals surface area contributed by atoms with Crippen LogP contribution in [-0.2, 0) is 27.9 Å². The van der Waals surface area contributed by atoms with E-state index in [1.807, 2.05) is 33.3 Å². The monoisotopic (exact) mass is 1180 g/mol. The first-order chi connectivity index (χ1) is 40.4. The quantitative estimate of drug-likeness (QED) is 0.0205. The van der Waals surface area contributed by atoms with Gasteiger partial charge in [-0.15, -0.1) is 0 Å². The van der Waals surface area contributed by atoms with Gasteiger partial charge in [-0.2, -0.15) is 0 Å². The minimum Gasteiger partial charge on any atom is -0.456 e.